The molecule has 2 rings (SSSR count). The molecular weight excluding hydrogens is 267 g/mol. The summed E-state index contributed by atoms with van der Waals surface area (Å²) in [5.74, 6) is -0.447. The normalized spacial score (nSPS) is 11.8. The second-order valence-corrected chi connectivity index (χ2v) is 4.60. The number of nitrogens with two attached hydrogens (primary N) is 1. The lowest BCUT2D eigenvalue weighted by Crippen LogP contribution is -2.00. The van der Waals surface area contributed by atoms with Crippen LogP contribution in [0.5, 0.6) is 0 Å². The molecule has 1 unspecified atom stereocenters. The van der Waals surface area contributed by atoms with E-state index in [0.29, 0.717) is 21.3 Å². The van der Waals surface area contributed by atoms with Crippen molar-refractivity contribution in [1.82, 2.24) is 0 Å². The van der Waals surface area contributed by atoms with E-state index in [0.717, 1.165) is 5.56 Å². The number of hydrogen-bond acceptors (Lipinski definition) is 2. The summed E-state index contributed by atoms with van der Waals surface area (Å²) in [4.78, 5) is 0. The zero-order valence-corrected chi connectivity index (χ0v) is 10.9. The molecule has 2 aromatic rings. The number of hydrogen-bond donors (Lipinski definition) is 1. The van der Waals surface area contributed by atoms with Gasteiger partial charge in [0.2, 0.25) is 0 Å². The first-order chi connectivity index (χ1) is 8.65. The molecule has 90 valence electrons. The van der Waals surface area contributed by atoms with Gasteiger partial charge in [-0.25, -0.2) is 0 Å². The van der Waals surface area contributed by atoms with Gasteiger partial charge in [-0.1, -0.05) is 59.6 Å². The van der Waals surface area contributed by atoms with Crippen molar-refractivity contribution in [2.45, 2.75) is 5.92 Å². The molecule has 4 heteroatoms. The molecule has 2 nitrogen and oxygen atoms in total. The number of nitrogens with zero attached hydrogens (tertiary/aromatic N) is 1. The minimum atomic E-state index is -0.447. The van der Waals surface area contributed by atoms with E-state index in [-0.39, 0.29) is 0 Å². The van der Waals surface area contributed by atoms with E-state index in [9.17, 15) is 5.26 Å². The van der Waals surface area contributed by atoms with Crippen molar-refractivity contribution in [2.24, 2.45) is 0 Å². The van der Waals surface area contributed by atoms with Crippen molar-refractivity contribution < 1.29 is 0 Å². The van der Waals surface area contributed by atoms with E-state index in [1.807, 2.05) is 30.3 Å². The van der Waals surface area contributed by atoms with Crippen molar-refractivity contribution in [1.29, 1.82) is 5.26 Å². The summed E-state index contributed by atoms with van der Waals surface area (Å²) in [7, 11) is 0. The summed E-state index contributed by atoms with van der Waals surface area (Å²) in [5, 5.41) is 9.97. The average molecular weight is 277 g/mol. The highest BCUT2D eigenvalue weighted by Crippen LogP contribution is 2.37. The summed E-state index contributed by atoms with van der Waals surface area (Å²) in [6.45, 7) is 0. The van der Waals surface area contributed by atoms with Crippen molar-refractivity contribution in [2.75, 3.05) is 5.73 Å². The first-order valence-electron chi connectivity index (χ1n) is 5.33. The van der Waals surface area contributed by atoms with Crippen LogP contribution >= 0.6 is 23.2 Å². The molecule has 0 saturated heterocycles. The number of anilines is 1. The highest BCUT2D eigenvalue weighted by Gasteiger charge is 2.18. The molecule has 0 bridgehead atoms. The van der Waals surface area contributed by atoms with Gasteiger partial charge < -0.3 is 5.73 Å². The van der Waals surface area contributed by atoms with Gasteiger partial charge in [0.25, 0.3) is 0 Å². The lowest BCUT2D eigenvalue weighted by molar-refractivity contribution is 1.04. The Balaban J connectivity index is 2.54. The highest BCUT2D eigenvalue weighted by atomic mass is 35.5. The molecule has 0 aliphatic heterocycles. The molecular formula is C14H10Cl2N2. The van der Waals surface area contributed by atoms with Gasteiger partial charge in [-0.15, -0.1) is 0 Å². The van der Waals surface area contributed by atoms with E-state index in [1.165, 1.54) is 0 Å². The molecule has 2 aromatic carbocycles. The molecule has 0 aliphatic carbocycles. The van der Waals surface area contributed by atoms with E-state index >= 15 is 0 Å². The molecule has 0 fully saturated rings. The van der Waals surface area contributed by atoms with Crippen molar-refractivity contribution in [3.63, 3.8) is 0 Å². The van der Waals surface area contributed by atoms with Crippen molar-refractivity contribution in [3.8, 4) is 6.07 Å². The van der Waals surface area contributed by atoms with Gasteiger partial charge in [-0.2, -0.15) is 5.26 Å². The molecule has 0 saturated carbocycles. The smallest absolute Gasteiger partial charge is 0.0977 e. The van der Waals surface area contributed by atoms with Crippen molar-refractivity contribution >= 4 is 28.9 Å². The Morgan fingerprint density at radius 3 is 2.28 bits per heavy atom. The molecule has 2 N–H and O–H groups in total. The van der Waals surface area contributed by atoms with Crippen LogP contribution in [0.25, 0.3) is 0 Å². The fourth-order valence-electron chi connectivity index (χ4n) is 1.77. The van der Waals surface area contributed by atoms with Gasteiger partial charge in [-0.3, -0.25) is 0 Å². The first kappa shape index (κ1) is 12.8. The van der Waals surface area contributed by atoms with Gasteiger partial charge in [0.1, 0.15) is 0 Å². The fourth-order valence-corrected chi connectivity index (χ4v) is 2.22. The molecule has 0 aromatic heterocycles. The largest absolute Gasteiger partial charge is 0.397 e. The standard InChI is InChI=1S/C14H10Cl2N2/c15-13-10(6-7-12(18)14(13)16)11(8-17)9-4-2-1-3-5-9/h1-7,11H,18H2. The molecule has 0 heterocycles. The fraction of sp³-hybridized carbons (Fsp3) is 0.0714. The SMILES string of the molecule is N#CC(c1ccccc1)c1ccc(N)c(Cl)c1Cl. The molecule has 1 atom stereocenters. The van der Waals surface area contributed by atoms with Crippen LogP contribution in [-0.2, 0) is 0 Å². The Bertz CT molecular complexity index is 603. The number of benzene rings is 2. The second kappa shape index (κ2) is 5.30. The van der Waals surface area contributed by atoms with Crippen molar-refractivity contribution in [3.05, 3.63) is 63.6 Å². The number of nitrogen functional groups attached to an aromatic ring is 1. The maximum atomic E-state index is 9.33. The maximum absolute atomic E-state index is 9.33. The van der Waals surface area contributed by atoms with Gasteiger partial charge in [0.15, 0.2) is 0 Å². The zero-order valence-electron chi connectivity index (χ0n) is 9.40. The summed E-state index contributed by atoms with van der Waals surface area (Å²) < 4.78 is 0. The number of nitriles is 1. The van der Waals surface area contributed by atoms with Gasteiger partial charge in [0.05, 0.1) is 27.7 Å². The summed E-state index contributed by atoms with van der Waals surface area (Å²) in [6, 6.07) is 15.1. The van der Waals surface area contributed by atoms with E-state index in [2.05, 4.69) is 6.07 Å². The number of rotatable bonds is 2. The first-order valence-corrected chi connectivity index (χ1v) is 6.08. The topological polar surface area (TPSA) is 49.8 Å². The Kier molecular flexibility index (Phi) is 3.76. The van der Waals surface area contributed by atoms with Crippen LogP contribution in [0.15, 0.2) is 42.5 Å². The predicted octanol–water partition coefficient (Wildman–Crippen LogP) is 4.23. The maximum Gasteiger partial charge on any atom is 0.0977 e. The second-order valence-electron chi connectivity index (χ2n) is 3.84. The monoisotopic (exact) mass is 276 g/mol. The number of halogens is 2. The lowest BCUT2D eigenvalue weighted by Gasteiger charge is -2.13. The Labute approximate surface area is 116 Å². The summed E-state index contributed by atoms with van der Waals surface area (Å²) in [5.41, 5.74) is 7.63. The molecule has 0 amide bonds. The quantitative estimate of drug-likeness (QED) is 0.835. The van der Waals surface area contributed by atoms with E-state index in [4.69, 9.17) is 28.9 Å². The Morgan fingerprint density at radius 1 is 1.00 bits per heavy atom. The molecule has 0 radical (unpaired) electrons. The van der Waals surface area contributed by atoms with E-state index < -0.39 is 5.92 Å². The Hall–Kier alpha value is -1.69. The van der Waals surface area contributed by atoms with Gasteiger partial charge in [-0.05, 0) is 17.2 Å². The average Bonchev–Trinajstić information content (AvgIpc) is 2.41. The zero-order chi connectivity index (χ0) is 13.1. The highest BCUT2D eigenvalue weighted by molar-refractivity contribution is 6.44. The van der Waals surface area contributed by atoms with Crippen LogP contribution in [0.4, 0.5) is 5.69 Å². The Morgan fingerprint density at radius 2 is 1.67 bits per heavy atom. The third kappa shape index (κ3) is 2.28. The van der Waals surface area contributed by atoms with Crippen LogP contribution in [-0.4, -0.2) is 0 Å². The molecule has 18 heavy (non-hydrogen) atoms. The predicted molar refractivity (Wildman–Crippen MR) is 74.8 cm³/mol. The summed E-state index contributed by atoms with van der Waals surface area (Å²) >= 11 is 12.2. The van der Waals surface area contributed by atoms with Crippen LogP contribution in [0.3, 0.4) is 0 Å². The van der Waals surface area contributed by atoms with Gasteiger partial charge in [0, 0.05) is 0 Å². The minimum absolute atomic E-state index is 0.297. The van der Waals surface area contributed by atoms with Crippen LogP contribution < -0.4 is 5.73 Å². The van der Waals surface area contributed by atoms with E-state index in [1.54, 1.807) is 12.1 Å². The molecule has 0 spiro atoms. The third-order valence-corrected chi connectivity index (χ3v) is 3.63. The third-order valence-electron chi connectivity index (χ3n) is 2.72. The summed E-state index contributed by atoms with van der Waals surface area (Å²) in [6.07, 6.45) is 0. The van der Waals surface area contributed by atoms with Crippen LogP contribution in [0, 0.1) is 11.3 Å². The van der Waals surface area contributed by atoms with Gasteiger partial charge >= 0.3 is 0 Å². The molecule has 0 aliphatic rings. The van der Waals surface area contributed by atoms with Crippen LogP contribution in [0.1, 0.15) is 17.0 Å². The lowest BCUT2D eigenvalue weighted by atomic mass is 9.92. The van der Waals surface area contributed by atoms with Crippen LogP contribution in [0.2, 0.25) is 10.0 Å². The minimum Gasteiger partial charge on any atom is -0.397 e.